The molecule has 3 nitrogen and oxygen atoms in total. The Hall–Kier alpha value is -0.0131. The Bertz CT molecular complexity index is 221. The predicted octanol–water partition coefficient (Wildman–Crippen LogP) is 1.36. The molecule has 0 amide bonds. The van der Waals surface area contributed by atoms with Gasteiger partial charge in [-0.1, -0.05) is 0 Å². The van der Waals surface area contributed by atoms with Crippen LogP contribution in [0.4, 0.5) is 8.22 Å². The highest BCUT2D eigenvalue weighted by Crippen LogP contribution is 2.15. The normalized spacial score (nSPS) is 13.3. The molecule has 0 spiro atoms. The molecule has 0 saturated heterocycles. The molecular weight excluding hydrogens is 206 g/mol. The maximum absolute atomic E-state index is 12.3. The molecular formula is C5H12F2O3SSi. The fourth-order valence-corrected chi connectivity index (χ4v) is 2.36. The van der Waals surface area contributed by atoms with Crippen molar-refractivity contribution in [1.29, 1.82) is 0 Å². The summed E-state index contributed by atoms with van der Waals surface area (Å²) in [6, 6.07) is -0.296. The Morgan fingerprint density at radius 2 is 1.92 bits per heavy atom. The molecule has 0 aliphatic rings. The first-order chi connectivity index (χ1) is 5.27. The first-order valence-corrected chi connectivity index (χ1v) is 7.47. The average Bonchev–Trinajstić information content (AvgIpc) is 1.84. The molecule has 0 aliphatic heterocycles. The van der Waals surface area contributed by atoms with E-state index in [1.807, 2.05) is 0 Å². The van der Waals surface area contributed by atoms with Crippen molar-refractivity contribution in [3.63, 3.8) is 0 Å². The average molecular weight is 218 g/mol. The Balaban J connectivity index is 3.73. The van der Waals surface area contributed by atoms with E-state index in [4.69, 9.17) is 0 Å². The van der Waals surface area contributed by atoms with Crippen molar-refractivity contribution in [2.45, 2.75) is 19.0 Å². The smallest absolute Gasteiger partial charge is 0.273 e. The van der Waals surface area contributed by atoms with E-state index in [9.17, 15) is 16.6 Å². The van der Waals surface area contributed by atoms with E-state index in [0.29, 0.717) is 0 Å². The van der Waals surface area contributed by atoms with E-state index in [2.05, 4.69) is 4.18 Å². The van der Waals surface area contributed by atoms with Crippen LogP contribution >= 0.6 is 0 Å². The van der Waals surface area contributed by atoms with E-state index in [1.54, 1.807) is 0 Å². The molecule has 0 aromatic carbocycles. The molecule has 0 atom stereocenters. The molecule has 0 aromatic heterocycles. The second kappa shape index (κ2) is 4.29. The fraction of sp³-hybridized carbons (Fsp3) is 1.00. The van der Waals surface area contributed by atoms with Crippen LogP contribution in [0.15, 0.2) is 0 Å². The number of hydrogen-bond donors (Lipinski definition) is 0. The lowest BCUT2D eigenvalue weighted by atomic mass is 10.6. The van der Waals surface area contributed by atoms with Crippen LogP contribution in [0.5, 0.6) is 0 Å². The van der Waals surface area contributed by atoms with Gasteiger partial charge in [0.05, 0.1) is 12.9 Å². The van der Waals surface area contributed by atoms with Gasteiger partial charge in [-0.3, -0.25) is 12.4 Å². The Kier molecular flexibility index (Phi) is 4.28. The van der Waals surface area contributed by atoms with Gasteiger partial charge in [-0.15, -0.1) is 0 Å². The topological polar surface area (TPSA) is 43.4 Å². The van der Waals surface area contributed by atoms with Crippen LogP contribution in [-0.4, -0.2) is 30.0 Å². The summed E-state index contributed by atoms with van der Waals surface area (Å²) in [5, 5.41) is 0. The molecule has 74 valence electrons. The zero-order valence-corrected chi connectivity index (χ0v) is 8.83. The second-order valence-electron chi connectivity index (χ2n) is 2.60. The zero-order valence-electron chi connectivity index (χ0n) is 7.01. The first-order valence-electron chi connectivity index (χ1n) is 3.43. The van der Waals surface area contributed by atoms with Crippen LogP contribution in [-0.2, 0) is 14.3 Å². The van der Waals surface area contributed by atoms with Crippen molar-refractivity contribution in [1.82, 2.24) is 0 Å². The van der Waals surface area contributed by atoms with Gasteiger partial charge in [-0.2, -0.15) is 8.42 Å². The van der Waals surface area contributed by atoms with Crippen LogP contribution in [0.2, 0.25) is 12.6 Å². The Labute approximate surface area is 72.2 Å². The molecule has 0 heterocycles. The Morgan fingerprint density at radius 1 is 1.42 bits per heavy atom. The highest BCUT2D eigenvalue weighted by molar-refractivity contribution is 7.86. The minimum atomic E-state index is -4.09. The lowest BCUT2D eigenvalue weighted by molar-refractivity contribution is 0.397. The van der Waals surface area contributed by atoms with Gasteiger partial charge in [0, 0.05) is 0 Å². The third kappa shape index (κ3) is 6.68. The fourth-order valence-electron chi connectivity index (χ4n) is 0.643. The summed E-state index contributed by atoms with van der Waals surface area (Å²) in [6.07, 6.45) is -0.0219. The summed E-state index contributed by atoms with van der Waals surface area (Å²) in [7, 11) is -6.62. The number of halogens is 2. The van der Waals surface area contributed by atoms with Crippen LogP contribution in [0.1, 0.15) is 6.42 Å². The van der Waals surface area contributed by atoms with Crippen molar-refractivity contribution in [3.8, 4) is 0 Å². The van der Waals surface area contributed by atoms with Crippen molar-refractivity contribution >= 4 is 18.9 Å². The summed E-state index contributed by atoms with van der Waals surface area (Å²) < 4.78 is 50.0. The van der Waals surface area contributed by atoms with Crippen molar-refractivity contribution in [2.75, 3.05) is 12.9 Å². The predicted molar refractivity (Wildman–Crippen MR) is 44.1 cm³/mol. The van der Waals surface area contributed by atoms with Gasteiger partial charge in [0.2, 0.25) is 0 Å². The number of rotatable bonds is 5. The molecule has 0 aromatic rings. The molecule has 0 bridgehead atoms. The van der Waals surface area contributed by atoms with E-state index in [-0.39, 0.29) is 18.2 Å². The monoisotopic (exact) mass is 218 g/mol. The molecule has 7 heteroatoms. The zero-order chi connectivity index (χ0) is 9.83. The van der Waals surface area contributed by atoms with Gasteiger partial charge < -0.3 is 0 Å². The van der Waals surface area contributed by atoms with Gasteiger partial charge in [0.15, 0.2) is 0 Å². The first kappa shape index (κ1) is 12.0. The van der Waals surface area contributed by atoms with Crippen LogP contribution in [0.3, 0.4) is 0 Å². The van der Waals surface area contributed by atoms with Gasteiger partial charge in [0.25, 0.3) is 10.1 Å². The SMILES string of the molecule is COS(=O)(=O)CCC[Si](C)(F)F. The maximum Gasteiger partial charge on any atom is 0.422 e. The molecule has 0 fully saturated rings. The summed E-state index contributed by atoms with van der Waals surface area (Å²) in [5.74, 6) is -0.320. The summed E-state index contributed by atoms with van der Waals surface area (Å²) in [6.45, 7) is 0.895. The lowest BCUT2D eigenvalue weighted by Gasteiger charge is -2.05. The molecule has 0 radical (unpaired) electrons. The third-order valence-electron chi connectivity index (χ3n) is 1.26. The van der Waals surface area contributed by atoms with E-state index in [1.165, 1.54) is 0 Å². The van der Waals surface area contributed by atoms with Gasteiger partial charge >= 0.3 is 8.74 Å². The molecule has 0 unspecified atom stereocenters. The minimum Gasteiger partial charge on any atom is -0.273 e. The largest absolute Gasteiger partial charge is 0.422 e. The van der Waals surface area contributed by atoms with E-state index < -0.39 is 18.9 Å². The highest BCUT2D eigenvalue weighted by Gasteiger charge is 2.27. The quantitative estimate of drug-likeness (QED) is 0.397. The van der Waals surface area contributed by atoms with Gasteiger partial charge in [-0.25, -0.2) is 0 Å². The minimum absolute atomic E-state index is 0.0219. The molecule has 0 rings (SSSR count). The number of hydrogen-bond acceptors (Lipinski definition) is 3. The van der Waals surface area contributed by atoms with Crippen LogP contribution in [0.25, 0.3) is 0 Å². The van der Waals surface area contributed by atoms with Gasteiger partial charge in [0.1, 0.15) is 0 Å². The summed E-state index contributed by atoms with van der Waals surface area (Å²) in [4.78, 5) is 0. The molecule has 0 saturated carbocycles. The standard InChI is InChI=1S/C5H12F2O3SSi/c1-10-11(8,9)4-3-5-12(2,6)7/h3-5H2,1-2H3. The second-order valence-corrected chi connectivity index (χ2v) is 7.10. The lowest BCUT2D eigenvalue weighted by Crippen LogP contribution is -2.18. The molecule has 0 N–H and O–H groups in total. The summed E-state index contributed by atoms with van der Waals surface area (Å²) >= 11 is 0. The molecule has 0 aliphatic carbocycles. The van der Waals surface area contributed by atoms with Gasteiger partial charge in [-0.05, 0) is 19.0 Å². The van der Waals surface area contributed by atoms with E-state index in [0.717, 1.165) is 13.7 Å². The van der Waals surface area contributed by atoms with Crippen LogP contribution in [0, 0.1) is 0 Å². The Morgan fingerprint density at radius 3 is 2.25 bits per heavy atom. The van der Waals surface area contributed by atoms with E-state index >= 15 is 0 Å². The van der Waals surface area contributed by atoms with Crippen LogP contribution < -0.4 is 0 Å². The maximum atomic E-state index is 12.3. The summed E-state index contributed by atoms with van der Waals surface area (Å²) in [5.41, 5.74) is 0. The van der Waals surface area contributed by atoms with Crippen molar-refractivity contribution in [3.05, 3.63) is 0 Å². The van der Waals surface area contributed by atoms with Crippen molar-refractivity contribution < 1.29 is 20.8 Å². The third-order valence-corrected chi connectivity index (χ3v) is 3.79. The van der Waals surface area contributed by atoms with Crippen molar-refractivity contribution in [2.24, 2.45) is 0 Å². The molecule has 12 heavy (non-hydrogen) atoms. The highest BCUT2D eigenvalue weighted by atomic mass is 32.2.